The highest BCUT2D eigenvalue weighted by Gasteiger charge is 2.17. The summed E-state index contributed by atoms with van der Waals surface area (Å²) in [5.41, 5.74) is 0.998. The number of thiophene rings is 1. The van der Waals surface area contributed by atoms with Crippen LogP contribution in [0.25, 0.3) is 10.2 Å². The average molecular weight is 253 g/mol. The summed E-state index contributed by atoms with van der Waals surface area (Å²) >= 11 is 7.76. The van der Waals surface area contributed by atoms with Crippen molar-refractivity contribution in [3.05, 3.63) is 22.4 Å². The number of nitrogens with zero attached hydrogens (tertiary/aromatic N) is 2. The van der Waals surface area contributed by atoms with E-state index in [1.165, 1.54) is 25.7 Å². The average Bonchev–Trinajstić information content (AvgIpc) is 2.87. The van der Waals surface area contributed by atoms with E-state index in [1.54, 1.807) is 11.3 Å². The minimum absolute atomic E-state index is 0.619. The van der Waals surface area contributed by atoms with Crippen molar-refractivity contribution >= 4 is 33.2 Å². The van der Waals surface area contributed by atoms with Crippen molar-refractivity contribution in [2.75, 3.05) is 0 Å². The molecule has 3 rings (SSSR count). The Balaban J connectivity index is 1.91. The number of halogens is 1. The van der Waals surface area contributed by atoms with E-state index in [1.807, 2.05) is 11.4 Å². The lowest BCUT2D eigenvalue weighted by molar-refractivity contribution is 0.531. The molecule has 2 aromatic rings. The van der Waals surface area contributed by atoms with E-state index in [0.29, 0.717) is 5.15 Å². The van der Waals surface area contributed by atoms with Crippen LogP contribution < -0.4 is 0 Å². The molecule has 0 amide bonds. The van der Waals surface area contributed by atoms with Gasteiger partial charge in [-0.3, -0.25) is 0 Å². The molecule has 4 heteroatoms. The summed E-state index contributed by atoms with van der Waals surface area (Å²) in [5, 5.41) is 2.64. The van der Waals surface area contributed by atoms with E-state index in [2.05, 4.69) is 9.97 Å². The monoisotopic (exact) mass is 252 g/mol. The lowest BCUT2D eigenvalue weighted by Crippen LogP contribution is -2.03. The van der Waals surface area contributed by atoms with Gasteiger partial charge in [-0.2, -0.15) is 0 Å². The third kappa shape index (κ3) is 1.94. The van der Waals surface area contributed by atoms with Gasteiger partial charge in [-0.25, -0.2) is 9.97 Å². The SMILES string of the molecule is Clc1nc(CC2CCCC2)nc2ccsc12. The molecule has 2 nitrogen and oxygen atoms in total. The Bertz CT molecular complexity index is 503. The zero-order chi connectivity index (χ0) is 11.0. The Morgan fingerprint density at radius 1 is 1.31 bits per heavy atom. The summed E-state index contributed by atoms with van der Waals surface area (Å²) in [6.07, 6.45) is 6.36. The van der Waals surface area contributed by atoms with Crippen molar-refractivity contribution in [3.63, 3.8) is 0 Å². The Morgan fingerprint density at radius 2 is 2.12 bits per heavy atom. The maximum Gasteiger partial charge on any atom is 0.150 e. The molecular formula is C12H13ClN2S. The van der Waals surface area contributed by atoms with Crippen molar-refractivity contribution in [1.82, 2.24) is 9.97 Å². The first-order valence-electron chi connectivity index (χ1n) is 5.72. The third-order valence-electron chi connectivity index (χ3n) is 3.25. The van der Waals surface area contributed by atoms with Gasteiger partial charge in [0.25, 0.3) is 0 Å². The van der Waals surface area contributed by atoms with Crippen molar-refractivity contribution in [2.45, 2.75) is 32.1 Å². The molecule has 1 aliphatic rings. The van der Waals surface area contributed by atoms with E-state index in [0.717, 1.165) is 28.4 Å². The highest BCUT2D eigenvalue weighted by Crippen LogP contribution is 2.30. The summed E-state index contributed by atoms with van der Waals surface area (Å²) in [4.78, 5) is 8.98. The number of hydrogen-bond acceptors (Lipinski definition) is 3. The normalized spacial score (nSPS) is 17.3. The molecule has 0 unspecified atom stereocenters. The smallest absolute Gasteiger partial charge is 0.150 e. The van der Waals surface area contributed by atoms with Crippen LogP contribution in [-0.4, -0.2) is 9.97 Å². The summed E-state index contributed by atoms with van der Waals surface area (Å²) in [6, 6.07) is 2.02. The predicted molar refractivity (Wildman–Crippen MR) is 68.1 cm³/mol. The lowest BCUT2D eigenvalue weighted by atomic mass is 10.0. The van der Waals surface area contributed by atoms with Crippen LogP contribution in [0.4, 0.5) is 0 Å². The van der Waals surface area contributed by atoms with Crippen LogP contribution in [-0.2, 0) is 6.42 Å². The maximum absolute atomic E-state index is 6.15. The second-order valence-electron chi connectivity index (χ2n) is 4.42. The molecule has 0 aliphatic heterocycles. The summed E-state index contributed by atoms with van der Waals surface area (Å²) in [7, 11) is 0. The third-order valence-corrected chi connectivity index (χ3v) is 4.55. The van der Waals surface area contributed by atoms with Gasteiger partial charge in [0.05, 0.1) is 10.2 Å². The Kier molecular flexibility index (Phi) is 2.82. The predicted octanol–water partition coefficient (Wildman–Crippen LogP) is 4.08. The molecule has 1 aliphatic carbocycles. The second kappa shape index (κ2) is 4.30. The fourth-order valence-electron chi connectivity index (χ4n) is 2.44. The molecule has 84 valence electrons. The van der Waals surface area contributed by atoms with Crippen molar-refractivity contribution in [1.29, 1.82) is 0 Å². The van der Waals surface area contributed by atoms with Crippen LogP contribution in [0.3, 0.4) is 0 Å². The van der Waals surface area contributed by atoms with Crippen LogP contribution in [0, 0.1) is 5.92 Å². The first-order chi connectivity index (χ1) is 7.83. The van der Waals surface area contributed by atoms with Crippen LogP contribution in [0.1, 0.15) is 31.5 Å². The van der Waals surface area contributed by atoms with Gasteiger partial charge in [-0.15, -0.1) is 11.3 Å². The van der Waals surface area contributed by atoms with E-state index >= 15 is 0 Å². The number of fused-ring (bicyclic) bond motifs is 1. The van der Waals surface area contributed by atoms with Crippen LogP contribution in [0.2, 0.25) is 5.15 Å². The van der Waals surface area contributed by atoms with Crippen LogP contribution in [0.15, 0.2) is 11.4 Å². The summed E-state index contributed by atoms with van der Waals surface area (Å²) < 4.78 is 1.01. The molecular weight excluding hydrogens is 240 g/mol. The van der Waals surface area contributed by atoms with Gasteiger partial charge >= 0.3 is 0 Å². The zero-order valence-electron chi connectivity index (χ0n) is 8.95. The largest absolute Gasteiger partial charge is 0.232 e. The van der Waals surface area contributed by atoms with Gasteiger partial charge in [0.1, 0.15) is 5.82 Å². The minimum Gasteiger partial charge on any atom is -0.232 e. The fourth-order valence-corrected chi connectivity index (χ4v) is 3.48. The van der Waals surface area contributed by atoms with Crippen LogP contribution >= 0.6 is 22.9 Å². The Hall–Kier alpha value is -0.670. The van der Waals surface area contributed by atoms with Crippen molar-refractivity contribution in [2.24, 2.45) is 5.92 Å². The van der Waals surface area contributed by atoms with E-state index in [9.17, 15) is 0 Å². The highest BCUT2D eigenvalue weighted by molar-refractivity contribution is 7.17. The number of rotatable bonds is 2. The van der Waals surface area contributed by atoms with Gasteiger partial charge in [0, 0.05) is 6.42 Å². The molecule has 2 aromatic heterocycles. The van der Waals surface area contributed by atoms with Crippen LogP contribution in [0.5, 0.6) is 0 Å². The van der Waals surface area contributed by atoms with Gasteiger partial charge in [0.15, 0.2) is 5.15 Å². The van der Waals surface area contributed by atoms with E-state index in [-0.39, 0.29) is 0 Å². The van der Waals surface area contributed by atoms with Crippen molar-refractivity contribution in [3.8, 4) is 0 Å². The zero-order valence-corrected chi connectivity index (χ0v) is 10.5. The molecule has 0 bridgehead atoms. The minimum atomic E-state index is 0.619. The maximum atomic E-state index is 6.15. The highest BCUT2D eigenvalue weighted by atomic mass is 35.5. The van der Waals surface area contributed by atoms with E-state index < -0.39 is 0 Å². The van der Waals surface area contributed by atoms with Gasteiger partial charge in [0.2, 0.25) is 0 Å². The standard InChI is InChI=1S/C12H13ClN2S/c13-12-11-9(5-6-16-11)14-10(15-12)7-8-3-1-2-4-8/h5-6,8H,1-4,7H2. The molecule has 0 N–H and O–H groups in total. The molecule has 2 heterocycles. The number of hydrogen-bond donors (Lipinski definition) is 0. The van der Waals surface area contributed by atoms with Gasteiger partial charge in [-0.1, -0.05) is 37.3 Å². The molecule has 0 radical (unpaired) electrons. The second-order valence-corrected chi connectivity index (χ2v) is 5.69. The Morgan fingerprint density at radius 3 is 2.94 bits per heavy atom. The molecule has 0 saturated heterocycles. The summed E-state index contributed by atoms with van der Waals surface area (Å²) in [6.45, 7) is 0. The number of aromatic nitrogens is 2. The van der Waals surface area contributed by atoms with E-state index in [4.69, 9.17) is 11.6 Å². The Labute approximate surface area is 104 Å². The first-order valence-corrected chi connectivity index (χ1v) is 6.98. The molecule has 0 spiro atoms. The molecule has 0 atom stereocenters. The van der Waals surface area contributed by atoms with Gasteiger partial charge < -0.3 is 0 Å². The fraction of sp³-hybridized carbons (Fsp3) is 0.500. The molecule has 16 heavy (non-hydrogen) atoms. The molecule has 0 aromatic carbocycles. The topological polar surface area (TPSA) is 25.8 Å². The molecule has 1 saturated carbocycles. The molecule has 1 fully saturated rings. The van der Waals surface area contributed by atoms with Gasteiger partial charge in [-0.05, 0) is 17.4 Å². The quantitative estimate of drug-likeness (QED) is 0.753. The van der Waals surface area contributed by atoms with Crippen molar-refractivity contribution < 1.29 is 0 Å². The first kappa shape index (κ1) is 10.5. The lowest BCUT2D eigenvalue weighted by Gasteiger charge is -2.07. The summed E-state index contributed by atoms with van der Waals surface area (Å²) in [5.74, 6) is 1.69.